The molecule has 1 aromatic carbocycles. The third-order valence-electron chi connectivity index (χ3n) is 4.65. The summed E-state index contributed by atoms with van der Waals surface area (Å²) in [5, 5.41) is 3.44. The van der Waals surface area contributed by atoms with Crippen molar-refractivity contribution < 1.29 is 0 Å². The van der Waals surface area contributed by atoms with E-state index in [9.17, 15) is 0 Å². The molecule has 150 valence electrons. The van der Waals surface area contributed by atoms with Crippen LogP contribution < -0.4 is 5.32 Å². The highest BCUT2D eigenvalue weighted by atomic mass is 127. The van der Waals surface area contributed by atoms with Crippen molar-refractivity contribution >= 4 is 29.9 Å². The number of nitrogens with zero attached hydrogens (tertiary/aromatic N) is 5. The average Bonchev–Trinajstić information content (AvgIpc) is 3.28. The summed E-state index contributed by atoms with van der Waals surface area (Å²) in [6.45, 7) is 2.44. The van der Waals surface area contributed by atoms with Gasteiger partial charge in [0.05, 0.1) is 6.54 Å². The molecule has 0 aliphatic carbocycles. The quantitative estimate of drug-likeness (QED) is 0.313. The molecule has 3 aromatic rings. The van der Waals surface area contributed by atoms with Crippen molar-refractivity contribution in [3.8, 4) is 0 Å². The van der Waals surface area contributed by atoms with Gasteiger partial charge in [-0.3, -0.25) is 4.99 Å². The number of hydrogen-bond donors (Lipinski definition) is 1. The highest BCUT2D eigenvalue weighted by Gasteiger charge is 2.09. The molecule has 0 saturated carbocycles. The summed E-state index contributed by atoms with van der Waals surface area (Å²) in [6.07, 6.45) is 6.82. The Kier molecular flexibility index (Phi) is 8.56. The predicted octanol–water partition coefficient (Wildman–Crippen LogP) is 3.14. The van der Waals surface area contributed by atoms with Crippen molar-refractivity contribution in [2.45, 2.75) is 19.5 Å². The molecule has 6 nitrogen and oxygen atoms in total. The van der Waals surface area contributed by atoms with Gasteiger partial charge >= 0.3 is 0 Å². The summed E-state index contributed by atoms with van der Waals surface area (Å²) in [5.74, 6) is 1.96. The van der Waals surface area contributed by atoms with Gasteiger partial charge in [0.2, 0.25) is 0 Å². The number of rotatable bonds is 7. The summed E-state index contributed by atoms with van der Waals surface area (Å²) in [5.41, 5.74) is 2.53. The van der Waals surface area contributed by atoms with Gasteiger partial charge in [0.15, 0.2) is 5.96 Å². The van der Waals surface area contributed by atoms with Gasteiger partial charge in [0, 0.05) is 64.9 Å². The van der Waals surface area contributed by atoms with Crippen LogP contribution in [0.25, 0.3) is 0 Å². The molecule has 2 heterocycles. The van der Waals surface area contributed by atoms with E-state index in [1.54, 1.807) is 0 Å². The summed E-state index contributed by atoms with van der Waals surface area (Å²) in [6, 6.07) is 14.7. The van der Waals surface area contributed by atoms with Crippen LogP contribution in [0.4, 0.5) is 0 Å². The number of guanidine groups is 1. The lowest BCUT2D eigenvalue weighted by atomic mass is 10.2. The highest BCUT2D eigenvalue weighted by Crippen LogP contribution is 2.06. The molecule has 0 amide bonds. The summed E-state index contributed by atoms with van der Waals surface area (Å²) in [7, 11) is 5.94. The second-order valence-electron chi connectivity index (χ2n) is 6.65. The van der Waals surface area contributed by atoms with Gasteiger partial charge < -0.3 is 19.4 Å². The molecule has 0 aliphatic rings. The molecule has 3 rings (SSSR count). The van der Waals surface area contributed by atoms with Crippen molar-refractivity contribution in [2.75, 3.05) is 20.6 Å². The van der Waals surface area contributed by atoms with Crippen molar-refractivity contribution in [1.29, 1.82) is 0 Å². The summed E-state index contributed by atoms with van der Waals surface area (Å²) >= 11 is 0. The number of aromatic nitrogens is 3. The Balaban J connectivity index is 0.00000280. The number of aryl methyl sites for hydroxylation is 1. The zero-order valence-corrected chi connectivity index (χ0v) is 19.1. The van der Waals surface area contributed by atoms with Gasteiger partial charge in [0.25, 0.3) is 0 Å². The standard InChI is InChI=1S/C21H28N6.HI/c1-22-21(26(3)17-19-10-7-14-25(19)2)24-12-11-20-23-13-15-27(20)16-18-8-5-4-6-9-18;/h4-10,13-15H,11-12,16-17H2,1-3H3,(H,22,24);1H. The van der Waals surface area contributed by atoms with E-state index in [4.69, 9.17) is 0 Å². The van der Waals surface area contributed by atoms with Crippen LogP contribution in [0.2, 0.25) is 0 Å². The van der Waals surface area contributed by atoms with Crippen LogP contribution in [0.5, 0.6) is 0 Å². The molecular formula is C21H29IN6. The van der Waals surface area contributed by atoms with Gasteiger partial charge in [0.1, 0.15) is 5.82 Å². The van der Waals surface area contributed by atoms with Crippen molar-refractivity contribution in [3.05, 3.63) is 78.1 Å². The molecule has 0 spiro atoms. The Bertz CT molecular complexity index is 868. The van der Waals surface area contributed by atoms with Crippen LogP contribution in [-0.2, 0) is 26.6 Å². The summed E-state index contributed by atoms with van der Waals surface area (Å²) in [4.78, 5) is 11.1. The van der Waals surface area contributed by atoms with Crippen molar-refractivity contribution in [2.24, 2.45) is 12.0 Å². The van der Waals surface area contributed by atoms with E-state index in [-0.39, 0.29) is 24.0 Å². The fraction of sp³-hybridized carbons (Fsp3) is 0.333. The first-order valence-corrected chi connectivity index (χ1v) is 9.23. The van der Waals surface area contributed by atoms with Gasteiger partial charge in [-0.1, -0.05) is 30.3 Å². The van der Waals surface area contributed by atoms with Gasteiger partial charge in [-0.05, 0) is 17.7 Å². The van der Waals surface area contributed by atoms with Gasteiger partial charge in [-0.15, -0.1) is 24.0 Å². The topological polar surface area (TPSA) is 50.4 Å². The molecule has 0 atom stereocenters. The van der Waals surface area contributed by atoms with E-state index in [0.717, 1.165) is 37.8 Å². The zero-order valence-electron chi connectivity index (χ0n) is 16.7. The van der Waals surface area contributed by atoms with Gasteiger partial charge in [-0.2, -0.15) is 0 Å². The number of benzene rings is 1. The Hall–Kier alpha value is -2.29. The lowest BCUT2D eigenvalue weighted by Crippen LogP contribution is -2.39. The van der Waals surface area contributed by atoms with Crippen LogP contribution in [0.3, 0.4) is 0 Å². The molecule has 2 aromatic heterocycles. The highest BCUT2D eigenvalue weighted by molar-refractivity contribution is 14.0. The maximum atomic E-state index is 4.52. The molecular weight excluding hydrogens is 463 g/mol. The Labute approximate surface area is 184 Å². The summed E-state index contributed by atoms with van der Waals surface area (Å²) < 4.78 is 4.33. The second-order valence-corrected chi connectivity index (χ2v) is 6.65. The van der Waals surface area contributed by atoms with Gasteiger partial charge in [-0.25, -0.2) is 4.98 Å². The monoisotopic (exact) mass is 492 g/mol. The first-order chi connectivity index (χ1) is 13.2. The number of aliphatic imine (C=N–C) groups is 1. The smallest absolute Gasteiger partial charge is 0.193 e. The molecule has 0 fully saturated rings. The maximum Gasteiger partial charge on any atom is 0.193 e. The van der Waals surface area contributed by atoms with Crippen LogP contribution in [0, 0.1) is 0 Å². The van der Waals surface area contributed by atoms with E-state index in [2.05, 4.69) is 86.0 Å². The van der Waals surface area contributed by atoms with E-state index in [1.807, 2.05) is 25.5 Å². The second kappa shape index (κ2) is 10.9. The third kappa shape index (κ3) is 5.85. The third-order valence-corrected chi connectivity index (χ3v) is 4.65. The largest absolute Gasteiger partial charge is 0.356 e. The number of halogens is 1. The number of imidazole rings is 1. The molecule has 0 radical (unpaired) electrons. The minimum atomic E-state index is 0. The minimum absolute atomic E-state index is 0. The normalized spacial score (nSPS) is 11.2. The fourth-order valence-electron chi connectivity index (χ4n) is 3.14. The molecule has 1 N–H and O–H groups in total. The average molecular weight is 492 g/mol. The van der Waals surface area contributed by atoms with Crippen LogP contribution >= 0.6 is 24.0 Å². The molecule has 0 bridgehead atoms. The molecule has 0 saturated heterocycles. The van der Waals surface area contributed by atoms with E-state index in [0.29, 0.717) is 0 Å². The predicted molar refractivity (Wildman–Crippen MR) is 125 cm³/mol. The van der Waals surface area contributed by atoms with Crippen LogP contribution in [0.1, 0.15) is 17.1 Å². The Morgan fingerprint density at radius 1 is 1.14 bits per heavy atom. The minimum Gasteiger partial charge on any atom is -0.356 e. The van der Waals surface area contributed by atoms with Crippen LogP contribution in [-0.4, -0.2) is 45.6 Å². The first-order valence-electron chi connectivity index (χ1n) is 9.23. The van der Waals surface area contributed by atoms with E-state index in [1.165, 1.54) is 11.3 Å². The lowest BCUT2D eigenvalue weighted by Gasteiger charge is -2.22. The fourth-order valence-corrected chi connectivity index (χ4v) is 3.14. The van der Waals surface area contributed by atoms with E-state index < -0.39 is 0 Å². The molecule has 7 heteroatoms. The van der Waals surface area contributed by atoms with Crippen molar-refractivity contribution in [3.63, 3.8) is 0 Å². The number of nitrogens with one attached hydrogen (secondary N) is 1. The van der Waals surface area contributed by atoms with E-state index >= 15 is 0 Å². The Morgan fingerprint density at radius 3 is 2.61 bits per heavy atom. The molecule has 0 aliphatic heterocycles. The molecule has 0 unspecified atom stereocenters. The SMILES string of the molecule is CN=C(NCCc1nccn1Cc1ccccc1)N(C)Cc1cccn1C.I. The number of hydrogen-bond acceptors (Lipinski definition) is 2. The van der Waals surface area contributed by atoms with Crippen molar-refractivity contribution in [1.82, 2.24) is 24.3 Å². The van der Waals surface area contributed by atoms with Crippen LogP contribution in [0.15, 0.2) is 66.0 Å². The lowest BCUT2D eigenvalue weighted by molar-refractivity contribution is 0.461. The molecule has 28 heavy (non-hydrogen) atoms. The first kappa shape index (κ1) is 22.0. The zero-order chi connectivity index (χ0) is 19.1. The Morgan fingerprint density at radius 2 is 1.93 bits per heavy atom. The maximum absolute atomic E-state index is 4.52.